The molecule has 1 heterocycles. The number of aromatic nitrogens is 1. The van der Waals surface area contributed by atoms with Crippen molar-refractivity contribution in [2.45, 2.75) is 0 Å². The van der Waals surface area contributed by atoms with Crippen LogP contribution in [-0.4, -0.2) is 10.8 Å². The fraction of sp³-hybridized carbons (Fsp3) is 0. The molecular formula is C8H7N3. The van der Waals surface area contributed by atoms with Gasteiger partial charge in [0.2, 0.25) is 0 Å². The predicted molar refractivity (Wildman–Crippen MR) is 43.0 cm³/mol. The van der Waals surface area contributed by atoms with Crippen molar-refractivity contribution >= 4 is 5.84 Å². The van der Waals surface area contributed by atoms with E-state index in [1.807, 2.05) is 6.07 Å². The van der Waals surface area contributed by atoms with Crippen LogP contribution in [0.25, 0.3) is 0 Å². The normalized spacial score (nSPS) is 8.00. The molecule has 0 aliphatic carbocycles. The third-order valence-corrected chi connectivity index (χ3v) is 1.00. The van der Waals surface area contributed by atoms with Gasteiger partial charge in [-0.2, -0.15) is 0 Å². The summed E-state index contributed by atoms with van der Waals surface area (Å²) in [5.41, 5.74) is 5.80. The number of rotatable bonds is 0. The summed E-state index contributed by atoms with van der Waals surface area (Å²) in [6, 6.07) is 3.59. The fourth-order valence-electron chi connectivity index (χ4n) is 0.576. The molecule has 1 aromatic heterocycles. The van der Waals surface area contributed by atoms with Crippen LogP contribution in [0.5, 0.6) is 0 Å². The van der Waals surface area contributed by atoms with Gasteiger partial charge in [-0.1, -0.05) is 5.92 Å². The first-order valence-electron chi connectivity index (χ1n) is 3.05. The molecule has 1 rings (SSSR count). The number of nitrogens with zero attached hydrogens (tertiary/aromatic N) is 1. The Morgan fingerprint density at radius 3 is 3.00 bits per heavy atom. The van der Waals surface area contributed by atoms with Crippen molar-refractivity contribution in [3.63, 3.8) is 0 Å². The van der Waals surface area contributed by atoms with Crippen LogP contribution in [0.2, 0.25) is 0 Å². The van der Waals surface area contributed by atoms with E-state index in [-0.39, 0.29) is 5.84 Å². The third-order valence-electron chi connectivity index (χ3n) is 1.00. The van der Waals surface area contributed by atoms with Crippen LogP contribution in [0.3, 0.4) is 0 Å². The van der Waals surface area contributed by atoms with Gasteiger partial charge in [0.15, 0.2) is 5.84 Å². The topological polar surface area (TPSA) is 62.8 Å². The Hall–Kier alpha value is -1.82. The molecule has 0 aliphatic heterocycles. The Morgan fingerprint density at radius 2 is 2.45 bits per heavy atom. The smallest absolute Gasteiger partial charge is 0.168 e. The van der Waals surface area contributed by atoms with Crippen molar-refractivity contribution in [3.8, 4) is 11.8 Å². The zero-order chi connectivity index (χ0) is 8.10. The van der Waals surface area contributed by atoms with Gasteiger partial charge in [0.1, 0.15) is 0 Å². The van der Waals surface area contributed by atoms with E-state index in [0.29, 0.717) is 0 Å². The highest BCUT2D eigenvalue weighted by Crippen LogP contribution is 1.90. The standard InChI is InChI=1S/C8H7N3/c9-8(10)4-3-7-2-1-5-11-6-7/h1-2,5-6H,(H3,9,10). The van der Waals surface area contributed by atoms with Gasteiger partial charge < -0.3 is 5.73 Å². The summed E-state index contributed by atoms with van der Waals surface area (Å²) in [6.07, 6.45) is 3.29. The highest BCUT2D eigenvalue weighted by molar-refractivity contribution is 5.94. The first-order valence-corrected chi connectivity index (χ1v) is 3.05. The van der Waals surface area contributed by atoms with Gasteiger partial charge in [-0.3, -0.25) is 10.4 Å². The van der Waals surface area contributed by atoms with Gasteiger partial charge in [0.25, 0.3) is 0 Å². The van der Waals surface area contributed by atoms with Gasteiger partial charge in [-0.15, -0.1) is 0 Å². The van der Waals surface area contributed by atoms with E-state index in [9.17, 15) is 0 Å². The minimum absolute atomic E-state index is 0.131. The molecule has 0 spiro atoms. The molecule has 0 saturated heterocycles. The van der Waals surface area contributed by atoms with Crippen LogP contribution in [0.1, 0.15) is 5.56 Å². The minimum Gasteiger partial charge on any atom is -0.377 e. The first-order chi connectivity index (χ1) is 5.29. The maximum Gasteiger partial charge on any atom is 0.168 e. The van der Waals surface area contributed by atoms with Crippen molar-refractivity contribution in [1.29, 1.82) is 5.41 Å². The predicted octanol–water partition coefficient (Wildman–Crippen LogP) is 0.369. The minimum atomic E-state index is -0.131. The third kappa shape index (κ3) is 2.50. The molecule has 11 heavy (non-hydrogen) atoms. The lowest BCUT2D eigenvalue weighted by atomic mass is 10.3. The summed E-state index contributed by atoms with van der Waals surface area (Å²) in [6.45, 7) is 0. The molecule has 1 aromatic rings. The zero-order valence-electron chi connectivity index (χ0n) is 5.83. The molecule has 0 amide bonds. The van der Waals surface area contributed by atoms with Gasteiger partial charge in [0, 0.05) is 18.0 Å². The van der Waals surface area contributed by atoms with E-state index >= 15 is 0 Å². The van der Waals surface area contributed by atoms with Crippen molar-refractivity contribution in [2.75, 3.05) is 0 Å². The van der Waals surface area contributed by atoms with E-state index in [2.05, 4.69) is 16.8 Å². The van der Waals surface area contributed by atoms with E-state index in [1.165, 1.54) is 0 Å². The van der Waals surface area contributed by atoms with E-state index in [4.69, 9.17) is 11.1 Å². The average molecular weight is 145 g/mol. The zero-order valence-corrected chi connectivity index (χ0v) is 5.83. The van der Waals surface area contributed by atoms with Gasteiger partial charge in [0.05, 0.1) is 0 Å². The molecule has 0 fully saturated rings. The number of pyridine rings is 1. The second kappa shape index (κ2) is 3.37. The number of hydrogen-bond acceptors (Lipinski definition) is 2. The monoisotopic (exact) mass is 145 g/mol. The van der Waals surface area contributed by atoms with Crippen molar-refractivity contribution < 1.29 is 0 Å². The maximum atomic E-state index is 6.83. The molecule has 3 heteroatoms. The number of amidine groups is 1. The van der Waals surface area contributed by atoms with Crippen LogP contribution >= 0.6 is 0 Å². The Kier molecular flexibility index (Phi) is 2.24. The van der Waals surface area contributed by atoms with Crippen molar-refractivity contribution in [3.05, 3.63) is 30.1 Å². The van der Waals surface area contributed by atoms with Gasteiger partial charge in [-0.25, -0.2) is 0 Å². The molecule has 3 nitrogen and oxygen atoms in total. The Bertz CT molecular complexity index is 305. The first kappa shape index (κ1) is 7.29. The number of nitrogens with one attached hydrogen (secondary N) is 1. The SMILES string of the molecule is N=C(N)C#Cc1cccnc1. The molecule has 0 aliphatic rings. The molecule has 0 radical (unpaired) electrons. The van der Waals surface area contributed by atoms with E-state index < -0.39 is 0 Å². The summed E-state index contributed by atoms with van der Waals surface area (Å²) >= 11 is 0. The quantitative estimate of drug-likeness (QED) is 0.314. The highest BCUT2D eigenvalue weighted by Gasteiger charge is 1.81. The van der Waals surface area contributed by atoms with Crippen LogP contribution in [0, 0.1) is 17.3 Å². The van der Waals surface area contributed by atoms with Crippen LogP contribution in [0.15, 0.2) is 24.5 Å². The molecular weight excluding hydrogens is 138 g/mol. The largest absolute Gasteiger partial charge is 0.377 e. The summed E-state index contributed by atoms with van der Waals surface area (Å²) in [5.74, 6) is 4.98. The van der Waals surface area contributed by atoms with Crippen molar-refractivity contribution in [1.82, 2.24) is 4.98 Å². The number of hydrogen-bond donors (Lipinski definition) is 2. The molecule has 3 N–H and O–H groups in total. The highest BCUT2D eigenvalue weighted by atomic mass is 14.7. The fourth-order valence-corrected chi connectivity index (χ4v) is 0.576. The molecule has 54 valence electrons. The van der Waals surface area contributed by atoms with Crippen LogP contribution < -0.4 is 5.73 Å². The van der Waals surface area contributed by atoms with Gasteiger partial charge in [-0.05, 0) is 18.1 Å². The number of nitrogens with two attached hydrogens (primary N) is 1. The molecule has 0 unspecified atom stereocenters. The lowest BCUT2D eigenvalue weighted by Crippen LogP contribution is -2.04. The van der Waals surface area contributed by atoms with Crippen LogP contribution in [0.4, 0.5) is 0 Å². The van der Waals surface area contributed by atoms with E-state index in [1.54, 1.807) is 18.5 Å². The average Bonchev–Trinajstić information content (AvgIpc) is 2.03. The second-order valence-corrected chi connectivity index (χ2v) is 1.91. The lowest BCUT2D eigenvalue weighted by molar-refractivity contribution is 1.31. The summed E-state index contributed by atoms with van der Waals surface area (Å²) in [4.78, 5) is 3.85. The maximum absolute atomic E-state index is 6.83. The van der Waals surface area contributed by atoms with E-state index in [0.717, 1.165) is 5.56 Å². The lowest BCUT2D eigenvalue weighted by Gasteiger charge is -1.84. The van der Waals surface area contributed by atoms with Crippen molar-refractivity contribution in [2.24, 2.45) is 5.73 Å². The molecule has 0 bridgehead atoms. The Morgan fingerprint density at radius 1 is 1.64 bits per heavy atom. The second-order valence-electron chi connectivity index (χ2n) is 1.91. The summed E-state index contributed by atoms with van der Waals surface area (Å²) in [5, 5.41) is 6.83. The Labute approximate surface area is 64.8 Å². The van der Waals surface area contributed by atoms with Gasteiger partial charge >= 0.3 is 0 Å². The molecule has 0 atom stereocenters. The van der Waals surface area contributed by atoms with Crippen LogP contribution in [-0.2, 0) is 0 Å². The molecule has 0 aromatic carbocycles. The summed E-state index contributed by atoms with van der Waals surface area (Å²) in [7, 11) is 0. The summed E-state index contributed by atoms with van der Waals surface area (Å²) < 4.78 is 0. The molecule has 0 saturated carbocycles. The Balaban J connectivity index is 2.83.